The van der Waals surface area contributed by atoms with Gasteiger partial charge in [0.1, 0.15) is 12.4 Å². The topological polar surface area (TPSA) is 88.6 Å². The lowest BCUT2D eigenvalue weighted by Gasteiger charge is -2.35. The summed E-state index contributed by atoms with van der Waals surface area (Å²) in [5.74, 6) is 1.13. The first-order chi connectivity index (χ1) is 17.6. The van der Waals surface area contributed by atoms with Gasteiger partial charge in [-0.1, -0.05) is 0 Å². The average Bonchev–Trinajstić information content (AvgIpc) is 2.84. The highest BCUT2D eigenvalue weighted by Crippen LogP contribution is 2.28. The summed E-state index contributed by atoms with van der Waals surface area (Å²) in [4.78, 5) is 17.2. The summed E-state index contributed by atoms with van der Waals surface area (Å²) in [5.41, 5.74) is 1.27. The number of hydrogen-bond acceptors (Lipinski definition) is 7. The molecule has 0 aromatic heterocycles. The van der Waals surface area contributed by atoms with Crippen molar-refractivity contribution in [3.8, 4) is 5.75 Å². The fourth-order valence-electron chi connectivity index (χ4n) is 5.12. The highest BCUT2D eigenvalue weighted by Gasteiger charge is 2.28. The van der Waals surface area contributed by atoms with Gasteiger partial charge < -0.3 is 24.0 Å². The van der Waals surface area contributed by atoms with Gasteiger partial charge in [0.25, 0.3) is 0 Å². The molecule has 0 unspecified atom stereocenters. The third-order valence-electron chi connectivity index (χ3n) is 7.73. The van der Waals surface area contributed by atoms with Crippen LogP contribution in [0.5, 0.6) is 5.75 Å². The van der Waals surface area contributed by atoms with Crippen LogP contribution in [0.15, 0.2) is 17.0 Å². The first-order valence-corrected chi connectivity index (χ1v) is 14.8. The number of sulfonamides is 1. The zero-order valence-electron chi connectivity index (χ0n) is 23.2. The van der Waals surface area contributed by atoms with Crippen LogP contribution in [0.1, 0.15) is 43.2 Å². The molecule has 0 N–H and O–H groups in total. The number of carbonyl (C=O) groups is 1. The summed E-state index contributed by atoms with van der Waals surface area (Å²) in [5, 5.41) is 0. The molecule has 1 aliphatic heterocycles. The maximum atomic E-state index is 13.1. The molecule has 210 valence electrons. The van der Waals surface area contributed by atoms with Gasteiger partial charge in [0, 0.05) is 39.8 Å². The van der Waals surface area contributed by atoms with E-state index in [0.29, 0.717) is 22.8 Å². The first kappa shape index (κ1) is 29.8. The van der Waals surface area contributed by atoms with Gasteiger partial charge in [-0.3, -0.25) is 4.79 Å². The number of hydrogen-bond donors (Lipinski definition) is 0. The van der Waals surface area contributed by atoms with Crippen LogP contribution in [0, 0.1) is 19.8 Å². The lowest BCUT2D eigenvalue weighted by molar-refractivity contribution is -0.137. The number of carbonyl (C=O) groups excluding carboxylic acids is 1. The Hall–Kier alpha value is -1.72. The zero-order chi connectivity index (χ0) is 27.0. The fourth-order valence-corrected chi connectivity index (χ4v) is 6.68. The summed E-state index contributed by atoms with van der Waals surface area (Å²) in [7, 11) is 1.24. The molecule has 9 nitrogen and oxygen atoms in total. The van der Waals surface area contributed by atoms with E-state index in [2.05, 4.69) is 4.90 Å². The molecule has 0 bridgehead atoms. The number of amides is 1. The van der Waals surface area contributed by atoms with E-state index in [1.54, 1.807) is 38.0 Å². The summed E-state index contributed by atoms with van der Waals surface area (Å²) in [6.45, 7) is 8.85. The Bertz CT molecular complexity index is 967. The van der Waals surface area contributed by atoms with E-state index >= 15 is 0 Å². The molecule has 1 aliphatic carbocycles. The second kappa shape index (κ2) is 13.9. The molecule has 0 radical (unpaired) electrons. The second-order valence-corrected chi connectivity index (χ2v) is 12.4. The fraction of sp³-hybridized carbons (Fsp3) is 0.741. The maximum Gasteiger partial charge on any atom is 0.248 e. The van der Waals surface area contributed by atoms with E-state index in [-0.39, 0.29) is 36.6 Å². The van der Waals surface area contributed by atoms with Gasteiger partial charge in [-0.15, -0.1) is 0 Å². The normalized spacial score (nSPS) is 20.6. The molecule has 1 saturated carbocycles. The highest BCUT2D eigenvalue weighted by molar-refractivity contribution is 7.89. The number of nitrogens with zero attached hydrogens (tertiary/aromatic N) is 3. The van der Waals surface area contributed by atoms with Gasteiger partial charge in [-0.05, 0) is 88.2 Å². The number of ether oxygens (including phenoxy) is 3. The van der Waals surface area contributed by atoms with Gasteiger partial charge in [0.15, 0.2) is 0 Å². The number of methoxy groups -OCH3 is 1. The smallest absolute Gasteiger partial charge is 0.248 e. The number of likely N-dealkylation sites (tertiary alicyclic amines) is 1. The van der Waals surface area contributed by atoms with Crippen molar-refractivity contribution in [3.05, 3.63) is 23.3 Å². The van der Waals surface area contributed by atoms with Crippen molar-refractivity contribution in [3.63, 3.8) is 0 Å². The first-order valence-electron chi connectivity index (χ1n) is 13.4. The van der Waals surface area contributed by atoms with Crippen molar-refractivity contribution in [2.45, 2.75) is 56.9 Å². The third-order valence-corrected chi connectivity index (χ3v) is 9.89. The number of benzene rings is 1. The Kier molecular flexibility index (Phi) is 11.2. The quantitative estimate of drug-likeness (QED) is 0.336. The van der Waals surface area contributed by atoms with Crippen LogP contribution in [0.3, 0.4) is 0 Å². The molecule has 10 heteroatoms. The maximum absolute atomic E-state index is 13.1. The summed E-state index contributed by atoms with van der Waals surface area (Å²) < 4.78 is 44.2. The third kappa shape index (κ3) is 8.13. The molecule has 0 atom stereocenters. The number of rotatable bonds is 14. The SMILES string of the molecule is COc1cc(C)c(S(=O)(=O)N(C)CCOCC(=O)N(C)C2CCC(COCCN3CCC3)CC2)c(C)c1. The minimum atomic E-state index is -3.69. The van der Waals surface area contributed by atoms with Crippen molar-refractivity contribution >= 4 is 15.9 Å². The zero-order valence-corrected chi connectivity index (χ0v) is 24.0. The van der Waals surface area contributed by atoms with Crippen molar-refractivity contribution in [2.75, 3.05) is 73.8 Å². The molecule has 1 aromatic carbocycles. The molecule has 1 heterocycles. The van der Waals surface area contributed by atoms with Gasteiger partial charge in [-0.25, -0.2) is 8.42 Å². The van der Waals surface area contributed by atoms with Gasteiger partial charge in [0.2, 0.25) is 15.9 Å². The molecule has 0 spiro atoms. The van der Waals surface area contributed by atoms with Gasteiger partial charge in [0.05, 0.1) is 25.2 Å². The minimum absolute atomic E-state index is 0.0511. The Morgan fingerprint density at radius 3 is 2.24 bits per heavy atom. The van der Waals surface area contributed by atoms with E-state index in [9.17, 15) is 13.2 Å². The van der Waals surface area contributed by atoms with Crippen LogP contribution < -0.4 is 4.74 Å². The van der Waals surface area contributed by atoms with Gasteiger partial charge >= 0.3 is 0 Å². The molecule has 1 saturated heterocycles. The Morgan fingerprint density at radius 1 is 1.03 bits per heavy atom. The lowest BCUT2D eigenvalue weighted by atomic mass is 9.86. The van der Waals surface area contributed by atoms with E-state index in [4.69, 9.17) is 14.2 Å². The molecular weight excluding hydrogens is 494 g/mol. The monoisotopic (exact) mass is 539 g/mol. The molecule has 37 heavy (non-hydrogen) atoms. The summed E-state index contributed by atoms with van der Waals surface area (Å²) in [6.07, 6.45) is 5.40. The van der Waals surface area contributed by atoms with Crippen molar-refractivity contribution in [2.24, 2.45) is 5.92 Å². The van der Waals surface area contributed by atoms with E-state index in [0.717, 1.165) is 45.4 Å². The molecule has 2 fully saturated rings. The largest absolute Gasteiger partial charge is 0.497 e. The van der Waals surface area contributed by atoms with E-state index < -0.39 is 10.0 Å². The van der Waals surface area contributed by atoms with E-state index in [1.165, 1.54) is 30.9 Å². The molecule has 1 amide bonds. The van der Waals surface area contributed by atoms with Crippen molar-refractivity contribution < 1.29 is 27.4 Å². The number of aryl methyl sites for hydroxylation is 2. The predicted molar refractivity (Wildman–Crippen MR) is 143 cm³/mol. The Balaban J connectivity index is 1.35. The second-order valence-electron chi connectivity index (χ2n) is 10.4. The lowest BCUT2D eigenvalue weighted by Crippen LogP contribution is -2.42. The van der Waals surface area contributed by atoms with Crippen molar-refractivity contribution in [1.82, 2.24) is 14.1 Å². The van der Waals surface area contributed by atoms with Crippen LogP contribution in [0.25, 0.3) is 0 Å². The summed E-state index contributed by atoms with van der Waals surface area (Å²) >= 11 is 0. The highest BCUT2D eigenvalue weighted by atomic mass is 32.2. The molecule has 3 rings (SSSR count). The Morgan fingerprint density at radius 2 is 1.68 bits per heavy atom. The molecule has 2 aliphatic rings. The van der Waals surface area contributed by atoms with Gasteiger partial charge in [-0.2, -0.15) is 4.31 Å². The van der Waals surface area contributed by atoms with Crippen LogP contribution in [0.4, 0.5) is 0 Å². The predicted octanol–water partition coefficient (Wildman–Crippen LogP) is 2.69. The summed E-state index contributed by atoms with van der Waals surface area (Å²) in [6, 6.07) is 3.65. The van der Waals surface area contributed by atoms with Crippen LogP contribution in [-0.4, -0.2) is 108 Å². The van der Waals surface area contributed by atoms with Crippen LogP contribution >= 0.6 is 0 Å². The van der Waals surface area contributed by atoms with Crippen LogP contribution in [-0.2, 0) is 24.3 Å². The molecular formula is C27H45N3O6S. The average molecular weight is 540 g/mol. The molecule has 1 aromatic rings. The Labute approximate surface area is 223 Å². The number of likely N-dealkylation sites (N-methyl/N-ethyl adjacent to an activating group) is 2. The van der Waals surface area contributed by atoms with Crippen molar-refractivity contribution in [1.29, 1.82) is 0 Å². The van der Waals surface area contributed by atoms with Crippen LogP contribution in [0.2, 0.25) is 0 Å². The standard InChI is InChI=1S/C27H45N3O6S/c1-21-17-25(34-5)18-22(2)27(21)37(32,33)28(3)13-15-36-20-26(31)29(4)24-9-7-23(8-10-24)19-35-16-14-30-11-6-12-30/h17-18,23-24H,6-16,19-20H2,1-5H3. The minimum Gasteiger partial charge on any atom is -0.497 e. The van der Waals surface area contributed by atoms with E-state index in [1.807, 2.05) is 7.05 Å².